The fourth-order valence-corrected chi connectivity index (χ4v) is 5.65. The number of rotatable bonds is 12. The van der Waals surface area contributed by atoms with Crippen LogP contribution in [0.15, 0.2) is 83.8 Å². The van der Waals surface area contributed by atoms with Gasteiger partial charge in [-0.3, -0.25) is 13.9 Å². The maximum atomic E-state index is 13.9. The summed E-state index contributed by atoms with van der Waals surface area (Å²) in [6.07, 6.45) is 1.23. The average molecular weight is 591 g/mol. The monoisotopic (exact) mass is 589 g/mol. The van der Waals surface area contributed by atoms with Gasteiger partial charge in [0.15, 0.2) is 0 Å². The van der Waals surface area contributed by atoms with Crippen LogP contribution in [0.4, 0.5) is 5.69 Å². The van der Waals surface area contributed by atoms with Crippen LogP contribution in [0.2, 0.25) is 10.0 Å². The Kier molecular flexibility index (Phi) is 10.8. The minimum absolute atomic E-state index is 0.0296. The summed E-state index contributed by atoms with van der Waals surface area (Å²) >= 11 is 12.2. The molecule has 0 aliphatic heterocycles. The fraction of sp³-hybridized carbons (Fsp3) is 0.310. The highest BCUT2D eigenvalue weighted by atomic mass is 35.5. The van der Waals surface area contributed by atoms with Crippen molar-refractivity contribution in [1.82, 2.24) is 10.2 Å². The molecule has 0 heterocycles. The van der Waals surface area contributed by atoms with E-state index in [1.807, 2.05) is 44.2 Å². The van der Waals surface area contributed by atoms with Crippen LogP contribution in [0.5, 0.6) is 0 Å². The van der Waals surface area contributed by atoms with E-state index in [1.54, 1.807) is 25.1 Å². The molecule has 0 saturated heterocycles. The molecule has 208 valence electrons. The fourth-order valence-electron chi connectivity index (χ4n) is 3.93. The van der Waals surface area contributed by atoms with Crippen molar-refractivity contribution in [3.8, 4) is 0 Å². The lowest BCUT2D eigenvalue weighted by Gasteiger charge is -2.32. The first-order valence-electron chi connectivity index (χ1n) is 12.7. The summed E-state index contributed by atoms with van der Waals surface area (Å²) in [6.45, 7) is 5.19. The van der Waals surface area contributed by atoms with E-state index in [0.717, 1.165) is 16.3 Å². The molecule has 1 N–H and O–H groups in total. The molecule has 2 amide bonds. The van der Waals surface area contributed by atoms with Gasteiger partial charge >= 0.3 is 0 Å². The lowest BCUT2D eigenvalue weighted by molar-refractivity contribution is -0.139. The van der Waals surface area contributed by atoms with Gasteiger partial charge in [0, 0.05) is 22.6 Å². The highest BCUT2D eigenvalue weighted by molar-refractivity contribution is 7.92. The van der Waals surface area contributed by atoms with Gasteiger partial charge in [-0.2, -0.15) is 0 Å². The third-order valence-electron chi connectivity index (χ3n) is 6.43. The Bertz CT molecular complexity index is 1370. The number of sulfonamides is 1. The van der Waals surface area contributed by atoms with Crippen LogP contribution >= 0.6 is 23.2 Å². The molecule has 2 atom stereocenters. The van der Waals surface area contributed by atoms with Gasteiger partial charge < -0.3 is 10.2 Å². The zero-order chi connectivity index (χ0) is 28.6. The summed E-state index contributed by atoms with van der Waals surface area (Å²) in [4.78, 5) is 28.3. The number of benzene rings is 3. The highest BCUT2D eigenvalue weighted by Crippen LogP contribution is 2.27. The number of halogens is 2. The number of nitrogens with one attached hydrogen (secondary N) is 1. The van der Waals surface area contributed by atoms with E-state index in [-0.39, 0.29) is 29.1 Å². The second-order valence-corrected chi connectivity index (χ2v) is 12.0. The second-order valence-electron chi connectivity index (χ2n) is 9.26. The van der Waals surface area contributed by atoms with Gasteiger partial charge in [-0.15, -0.1) is 0 Å². The molecule has 0 aliphatic rings. The van der Waals surface area contributed by atoms with Crippen molar-refractivity contribution in [2.24, 2.45) is 0 Å². The molecular formula is C29H33Cl2N3O4S. The largest absolute Gasteiger partial charge is 0.352 e. The summed E-state index contributed by atoms with van der Waals surface area (Å²) in [7, 11) is -4.18. The normalized spacial score (nSPS) is 12.8. The molecule has 0 aromatic heterocycles. The Labute approximate surface area is 240 Å². The van der Waals surface area contributed by atoms with Crippen molar-refractivity contribution < 1.29 is 18.0 Å². The number of amides is 2. The summed E-state index contributed by atoms with van der Waals surface area (Å²) in [6, 6.07) is 20.7. The zero-order valence-electron chi connectivity index (χ0n) is 22.2. The predicted octanol–water partition coefficient (Wildman–Crippen LogP) is 5.56. The molecule has 0 spiro atoms. The van der Waals surface area contributed by atoms with Gasteiger partial charge in [-0.05, 0) is 74.7 Å². The van der Waals surface area contributed by atoms with Crippen LogP contribution < -0.4 is 9.62 Å². The summed E-state index contributed by atoms with van der Waals surface area (Å²) < 4.78 is 28.6. The Balaban J connectivity index is 1.97. The molecule has 10 heteroatoms. The van der Waals surface area contributed by atoms with Crippen molar-refractivity contribution in [1.29, 1.82) is 0 Å². The molecule has 3 aromatic carbocycles. The maximum absolute atomic E-state index is 13.9. The first-order valence-corrected chi connectivity index (χ1v) is 14.9. The van der Waals surface area contributed by atoms with Crippen LogP contribution in [-0.4, -0.2) is 50.3 Å². The molecule has 0 fully saturated rings. The number of hydrogen-bond donors (Lipinski definition) is 1. The van der Waals surface area contributed by atoms with Gasteiger partial charge in [0.05, 0.1) is 10.6 Å². The van der Waals surface area contributed by atoms with E-state index < -0.39 is 28.5 Å². The SMILES string of the molecule is CC[C@H](C)NC(=O)[C@@H](C)N(CCc1ccccc1)C(=O)CN(c1cccc(Cl)c1)S(=O)(=O)c1ccc(Cl)cc1. The Morgan fingerprint density at radius 3 is 2.18 bits per heavy atom. The number of carbonyl (C=O) groups is 2. The van der Waals surface area contributed by atoms with Crippen molar-refractivity contribution in [2.45, 2.75) is 50.6 Å². The number of hydrogen-bond acceptors (Lipinski definition) is 4. The lowest BCUT2D eigenvalue weighted by atomic mass is 10.1. The van der Waals surface area contributed by atoms with Crippen LogP contribution in [0.1, 0.15) is 32.8 Å². The number of anilines is 1. The van der Waals surface area contributed by atoms with E-state index in [2.05, 4.69) is 5.32 Å². The van der Waals surface area contributed by atoms with Crippen LogP contribution in [0, 0.1) is 0 Å². The molecular weight excluding hydrogens is 557 g/mol. The standard InChI is InChI=1S/C29H33Cl2N3O4S/c1-4-21(2)32-29(36)22(3)33(18-17-23-9-6-5-7-10-23)28(35)20-34(26-12-8-11-25(31)19-26)39(37,38)27-15-13-24(30)14-16-27/h5-16,19,21-22H,4,17-18,20H2,1-3H3,(H,32,36)/t21-,22+/m0/s1. The molecule has 0 saturated carbocycles. The third kappa shape index (κ3) is 8.21. The lowest BCUT2D eigenvalue weighted by Crippen LogP contribution is -2.53. The summed E-state index contributed by atoms with van der Waals surface area (Å²) in [5.74, 6) is -0.823. The first-order chi connectivity index (χ1) is 18.5. The van der Waals surface area contributed by atoms with Crippen LogP contribution in [0.25, 0.3) is 0 Å². The summed E-state index contributed by atoms with van der Waals surface area (Å²) in [5, 5.41) is 3.62. The van der Waals surface area contributed by atoms with Gasteiger partial charge in [0.25, 0.3) is 10.0 Å². The highest BCUT2D eigenvalue weighted by Gasteiger charge is 2.32. The van der Waals surface area contributed by atoms with Crippen molar-refractivity contribution in [2.75, 3.05) is 17.4 Å². The van der Waals surface area contributed by atoms with E-state index in [4.69, 9.17) is 23.2 Å². The summed E-state index contributed by atoms with van der Waals surface area (Å²) in [5.41, 5.74) is 1.22. The molecule has 3 aromatic rings. The van der Waals surface area contributed by atoms with Gasteiger partial charge in [-0.25, -0.2) is 8.42 Å². The van der Waals surface area contributed by atoms with E-state index in [0.29, 0.717) is 16.5 Å². The minimum atomic E-state index is -4.18. The number of nitrogens with zero attached hydrogens (tertiary/aromatic N) is 2. The topological polar surface area (TPSA) is 86.8 Å². The average Bonchev–Trinajstić information content (AvgIpc) is 2.92. The Morgan fingerprint density at radius 2 is 1.56 bits per heavy atom. The smallest absolute Gasteiger partial charge is 0.264 e. The van der Waals surface area contributed by atoms with Crippen molar-refractivity contribution in [3.05, 3.63) is 94.5 Å². The Morgan fingerprint density at radius 1 is 0.897 bits per heavy atom. The molecule has 3 rings (SSSR count). The predicted molar refractivity (Wildman–Crippen MR) is 157 cm³/mol. The van der Waals surface area contributed by atoms with Gasteiger partial charge in [0.2, 0.25) is 11.8 Å². The van der Waals surface area contributed by atoms with E-state index in [1.165, 1.54) is 35.2 Å². The molecule has 0 radical (unpaired) electrons. The third-order valence-corrected chi connectivity index (χ3v) is 8.70. The maximum Gasteiger partial charge on any atom is 0.264 e. The molecule has 39 heavy (non-hydrogen) atoms. The van der Waals surface area contributed by atoms with Crippen LogP contribution in [0.3, 0.4) is 0 Å². The van der Waals surface area contributed by atoms with Crippen molar-refractivity contribution in [3.63, 3.8) is 0 Å². The van der Waals surface area contributed by atoms with E-state index in [9.17, 15) is 18.0 Å². The van der Waals surface area contributed by atoms with Gasteiger partial charge in [-0.1, -0.05) is 66.5 Å². The van der Waals surface area contributed by atoms with Crippen LogP contribution in [-0.2, 0) is 26.0 Å². The molecule has 0 aliphatic carbocycles. The first kappa shape index (κ1) is 30.5. The van der Waals surface area contributed by atoms with E-state index >= 15 is 0 Å². The molecule has 7 nitrogen and oxygen atoms in total. The zero-order valence-corrected chi connectivity index (χ0v) is 24.5. The van der Waals surface area contributed by atoms with Crippen molar-refractivity contribution >= 4 is 50.7 Å². The molecule has 0 bridgehead atoms. The quantitative estimate of drug-likeness (QED) is 0.299. The van der Waals surface area contributed by atoms with Gasteiger partial charge in [0.1, 0.15) is 12.6 Å². The second kappa shape index (κ2) is 13.8. The molecule has 0 unspecified atom stereocenters. The minimum Gasteiger partial charge on any atom is -0.352 e. The Hall–Kier alpha value is -3.07. The number of carbonyl (C=O) groups excluding carboxylic acids is 2.